The van der Waals surface area contributed by atoms with Gasteiger partial charge in [0.25, 0.3) is 0 Å². The molecule has 16 heavy (non-hydrogen) atoms. The summed E-state index contributed by atoms with van der Waals surface area (Å²) in [5, 5.41) is 0. The summed E-state index contributed by atoms with van der Waals surface area (Å²) in [6.07, 6.45) is 3.37. The Morgan fingerprint density at radius 3 is 2.62 bits per heavy atom. The Balaban J connectivity index is 2.07. The Kier molecular flexibility index (Phi) is 3.80. The summed E-state index contributed by atoms with van der Waals surface area (Å²) in [4.78, 5) is 7.34. The SMILES string of the molecule is CCc1ccccc1N1CCC(ON)CC1. The van der Waals surface area contributed by atoms with Crippen LogP contribution in [-0.4, -0.2) is 19.2 Å². The smallest absolute Gasteiger partial charge is 0.0821 e. The second-order valence-electron chi connectivity index (χ2n) is 4.30. The van der Waals surface area contributed by atoms with Crippen LogP contribution in [0.1, 0.15) is 25.3 Å². The highest BCUT2D eigenvalue weighted by Crippen LogP contribution is 2.24. The average molecular weight is 220 g/mol. The molecule has 3 nitrogen and oxygen atoms in total. The Bertz CT molecular complexity index is 332. The minimum atomic E-state index is 0.241. The summed E-state index contributed by atoms with van der Waals surface area (Å²) >= 11 is 0. The summed E-state index contributed by atoms with van der Waals surface area (Å²) in [7, 11) is 0. The molecule has 88 valence electrons. The maximum Gasteiger partial charge on any atom is 0.0821 e. The summed E-state index contributed by atoms with van der Waals surface area (Å²) in [6.45, 7) is 4.28. The minimum absolute atomic E-state index is 0.241. The number of benzene rings is 1. The highest BCUT2D eigenvalue weighted by Gasteiger charge is 2.20. The first kappa shape index (κ1) is 11.4. The standard InChI is InChI=1S/C13H20N2O/c1-2-11-5-3-4-6-13(11)15-9-7-12(16-14)8-10-15/h3-6,12H,2,7-10,14H2,1H3. The second kappa shape index (κ2) is 5.32. The fourth-order valence-corrected chi connectivity index (χ4v) is 2.35. The molecule has 1 aromatic carbocycles. The van der Waals surface area contributed by atoms with E-state index in [0.29, 0.717) is 0 Å². The molecule has 0 amide bonds. The molecule has 1 aliphatic heterocycles. The third-order valence-electron chi connectivity index (χ3n) is 3.35. The van der Waals surface area contributed by atoms with Crippen LogP contribution in [0.3, 0.4) is 0 Å². The number of rotatable bonds is 3. The van der Waals surface area contributed by atoms with Crippen molar-refractivity contribution in [2.75, 3.05) is 18.0 Å². The number of piperidine rings is 1. The van der Waals surface area contributed by atoms with Gasteiger partial charge in [0.1, 0.15) is 0 Å². The van der Waals surface area contributed by atoms with Gasteiger partial charge in [-0.05, 0) is 30.9 Å². The number of hydrogen-bond donors (Lipinski definition) is 1. The van der Waals surface area contributed by atoms with Gasteiger partial charge in [0.05, 0.1) is 6.10 Å². The van der Waals surface area contributed by atoms with Crippen molar-refractivity contribution in [1.82, 2.24) is 0 Å². The van der Waals surface area contributed by atoms with Crippen LogP contribution in [0.25, 0.3) is 0 Å². The Morgan fingerprint density at radius 2 is 2.00 bits per heavy atom. The van der Waals surface area contributed by atoms with Crippen molar-refractivity contribution in [2.24, 2.45) is 5.90 Å². The monoisotopic (exact) mass is 220 g/mol. The summed E-state index contributed by atoms with van der Waals surface area (Å²) in [5.41, 5.74) is 2.80. The van der Waals surface area contributed by atoms with Gasteiger partial charge in [-0.25, -0.2) is 5.90 Å². The molecule has 1 aliphatic rings. The van der Waals surface area contributed by atoms with E-state index >= 15 is 0 Å². The van der Waals surface area contributed by atoms with Crippen LogP contribution in [0, 0.1) is 0 Å². The third-order valence-corrected chi connectivity index (χ3v) is 3.35. The molecule has 1 fully saturated rings. The molecule has 0 aliphatic carbocycles. The van der Waals surface area contributed by atoms with Crippen molar-refractivity contribution in [3.63, 3.8) is 0 Å². The van der Waals surface area contributed by atoms with Crippen molar-refractivity contribution in [1.29, 1.82) is 0 Å². The van der Waals surface area contributed by atoms with Gasteiger partial charge < -0.3 is 9.74 Å². The van der Waals surface area contributed by atoms with E-state index in [4.69, 9.17) is 10.7 Å². The average Bonchev–Trinajstić information content (AvgIpc) is 2.39. The van der Waals surface area contributed by atoms with E-state index in [1.165, 1.54) is 11.3 Å². The van der Waals surface area contributed by atoms with E-state index in [2.05, 4.69) is 36.1 Å². The highest BCUT2D eigenvalue weighted by atomic mass is 16.6. The van der Waals surface area contributed by atoms with E-state index in [-0.39, 0.29) is 6.10 Å². The van der Waals surface area contributed by atoms with Crippen molar-refractivity contribution in [2.45, 2.75) is 32.3 Å². The van der Waals surface area contributed by atoms with E-state index in [0.717, 1.165) is 32.4 Å². The van der Waals surface area contributed by atoms with Crippen molar-refractivity contribution in [3.05, 3.63) is 29.8 Å². The maximum atomic E-state index is 5.22. The van der Waals surface area contributed by atoms with Gasteiger partial charge in [-0.1, -0.05) is 25.1 Å². The van der Waals surface area contributed by atoms with Gasteiger partial charge in [0, 0.05) is 18.8 Å². The lowest BCUT2D eigenvalue weighted by molar-refractivity contribution is 0.0367. The lowest BCUT2D eigenvalue weighted by Crippen LogP contribution is -2.38. The molecule has 1 heterocycles. The first-order valence-electron chi connectivity index (χ1n) is 6.03. The molecule has 0 radical (unpaired) electrons. The number of nitrogens with zero attached hydrogens (tertiary/aromatic N) is 1. The zero-order valence-electron chi connectivity index (χ0n) is 9.86. The highest BCUT2D eigenvalue weighted by molar-refractivity contribution is 5.53. The number of anilines is 1. The molecule has 0 bridgehead atoms. The Hall–Kier alpha value is -1.06. The first-order valence-corrected chi connectivity index (χ1v) is 6.03. The lowest BCUT2D eigenvalue weighted by Gasteiger charge is -2.33. The van der Waals surface area contributed by atoms with Crippen LogP contribution in [-0.2, 0) is 11.3 Å². The van der Waals surface area contributed by atoms with E-state index < -0.39 is 0 Å². The summed E-state index contributed by atoms with van der Waals surface area (Å²) in [5.74, 6) is 5.22. The fraction of sp³-hybridized carbons (Fsp3) is 0.538. The van der Waals surface area contributed by atoms with E-state index in [1.54, 1.807) is 0 Å². The van der Waals surface area contributed by atoms with Crippen molar-refractivity contribution in [3.8, 4) is 0 Å². The largest absolute Gasteiger partial charge is 0.371 e. The van der Waals surface area contributed by atoms with Gasteiger partial charge in [0.15, 0.2) is 0 Å². The number of aryl methyl sites for hydroxylation is 1. The lowest BCUT2D eigenvalue weighted by atomic mass is 10.0. The van der Waals surface area contributed by atoms with Crippen molar-refractivity contribution < 1.29 is 4.84 Å². The number of nitrogens with two attached hydrogens (primary N) is 1. The molecular formula is C13H20N2O. The third kappa shape index (κ3) is 2.36. The van der Waals surface area contributed by atoms with Crippen LogP contribution in [0.5, 0.6) is 0 Å². The first-order chi connectivity index (χ1) is 7.85. The van der Waals surface area contributed by atoms with Gasteiger partial charge in [-0.3, -0.25) is 0 Å². The zero-order valence-corrected chi connectivity index (χ0v) is 9.86. The van der Waals surface area contributed by atoms with Crippen LogP contribution in [0.2, 0.25) is 0 Å². The molecule has 2 N–H and O–H groups in total. The molecule has 0 saturated carbocycles. The van der Waals surface area contributed by atoms with Crippen molar-refractivity contribution >= 4 is 5.69 Å². The fourth-order valence-electron chi connectivity index (χ4n) is 2.35. The second-order valence-corrected chi connectivity index (χ2v) is 4.30. The van der Waals surface area contributed by atoms with Crippen LogP contribution < -0.4 is 10.8 Å². The topological polar surface area (TPSA) is 38.5 Å². The van der Waals surface area contributed by atoms with E-state index in [1.807, 2.05) is 0 Å². The van der Waals surface area contributed by atoms with Crippen LogP contribution in [0.4, 0.5) is 5.69 Å². The van der Waals surface area contributed by atoms with Gasteiger partial charge in [-0.15, -0.1) is 0 Å². The predicted octanol–water partition coefficient (Wildman–Crippen LogP) is 2.11. The van der Waals surface area contributed by atoms with Gasteiger partial charge in [-0.2, -0.15) is 0 Å². The normalized spacial score (nSPS) is 17.8. The minimum Gasteiger partial charge on any atom is -0.371 e. The Labute approximate surface area is 97.1 Å². The molecule has 0 aromatic heterocycles. The number of para-hydroxylation sites is 1. The van der Waals surface area contributed by atoms with Gasteiger partial charge >= 0.3 is 0 Å². The summed E-state index contributed by atoms with van der Waals surface area (Å²) in [6, 6.07) is 8.64. The zero-order chi connectivity index (χ0) is 11.4. The summed E-state index contributed by atoms with van der Waals surface area (Å²) < 4.78 is 0. The van der Waals surface area contributed by atoms with Crippen LogP contribution in [0.15, 0.2) is 24.3 Å². The van der Waals surface area contributed by atoms with Gasteiger partial charge in [0.2, 0.25) is 0 Å². The molecule has 1 aromatic rings. The maximum absolute atomic E-state index is 5.22. The predicted molar refractivity (Wildman–Crippen MR) is 66.3 cm³/mol. The molecule has 0 atom stereocenters. The Morgan fingerprint density at radius 1 is 1.31 bits per heavy atom. The number of hydrogen-bond acceptors (Lipinski definition) is 3. The quantitative estimate of drug-likeness (QED) is 0.793. The molecule has 2 rings (SSSR count). The van der Waals surface area contributed by atoms with E-state index in [9.17, 15) is 0 Å². The molecule has 3 heteroatoms. The molecule has 0 spiro atoms. The van der Waals surface area contributed by atoms with Crippen LogP contribution >= 0.6 is 0 Å². The molecule has 0 unspecified atom stereocenters. The molecular weight excluding hydrogens is 200 g/mol. The molecule has 1 saturated heterocycles.